The van der Waals surface area contributed by atoms with E-state index in [1.807, 2.05) is 0 Å². The molecule has 0 heterocycles. The highest BCUT2D eigenvalue weighted by Crippen LogP contribution is 2.45. The van der Waals surface area contributed by atoms with E-state index in [0.717, 1.165) is 0 Å². The Morgan fingerprint density at radius 3 is 2.73 bits per heavy atom. The quantitative estimate of drug-likeness (QED) is 0.604. The first-order chi connectivity index (χ1) is 7.07. The average molecular weight is 253 g/mol. The summed E-state index contributed by atoms with van der Waals surface area (Å²) < 4.78 is 10.3. The summed E-state index contributed by atoms with van der Waals surface area (Å²) >= 11 is 11.9. The molecule has 0 aromatic heterocycles. The Kier molecular flexibility index (Phi) is 4.62. The van der Waals surface area contributed by atoms with Gasteiger partial charge >= 0.3 is 0 Å². The predicted octanol–water partition coefficient (Wildman–Crippen LogP) is 2.38. The van der Waals surface area contributed by atoms with Crippen molar-refractivity contribution in [2.45, 2.75) is 24.5 Å². The summed E-state index contributed by atoms with van der Waals surface area (Å²) in [6, 6.07) is 0. The summed E-state index contributed by atoms with van der Waals surface area (Å²) in [5, 5.41) is 10.2. The zero-order valence-electron chi connectivity index (χ0n) is 8.50. The number of halogens is 2. The molecule has 0 radical (unpaired) electrons. The maximum absolute atomic E-state index is 9.60. The van der Waals surface area contributed by atoms with Gasteiger partial charge in [-0.3, -0.25) is 0 Å². The number of methoxy groups -OCH3 is 1. The molecule has 15 heavy (non-hydrogen) atoms. The van der Waals surface area contributed by atoms with Crippen molar-refractivity contribution in [1.82, 2.24) is 0 Å². The molecule has 0 saturated carbocycles. The maximum atomic E-state index is 9.60. The molecule has 3 nitrogen and oxygen atoms in total. The van der Waals surface area contributed by atoms with Crippen LogP contribution in [0.25, 0.3) is 0 Å². The van der Waals surface area contributed by atoms with Crippen LogP contribution in [-0.2, 0) is 9.47 Å². The van der Waals surface area contributed by atoms with Crippen molar-refractivity contribution in [3.05, 3.63) is 22.7 Å². The molecule has 0 saturated heterocycles. The Bertz CT molecular complexity index is 278. The molecule has 0 bridgehead atoms. The van der Waals surface area contributed by atoms with Crippen LogP contribution < -0.4 is 0 Å². The lowest BCUT2D eigenvalue weighted by Gasteiger charge is -2.28. The number of aliphatic hydroxyl groups is 1. The van der Waals surface area contributed by atoms with E-state index in [9.17, 15) is 5.11 Å². The van der Waals surface area contributed by atoms with E-state index in [2.05, 4.69) is 6.58 Å². The van der Waals surface area contributed by atoms with Crippen LogP contribution in [0.5, 0.6) is 0 Å². The zero-order valence-corrected chi connectivity index (χ0v) is 10.0. The fourth-order valence-electron chi connectivity index (χ4n) is 1.61. The van der Waals surface area contributed by atoms with E-state index in [1.54, 1.807) is 6.08 Å². The Morgan fingerprint density at radius 1 is 1.67 bits per heavy atom. The van der Waals surface area contributed by atoms with Gasteiger partial charge in [-0.15, -0.1) is 6.58 Å². The number of rotatable bonds is 5. The van der Waals surface area contributed by atoms with E-state index >= 15 is 0 Å². The fourth-order valence-corrected chi connectivity index (χ4v) is 2.20. The van der Waals surface area contributed by atoms with E-state index in [4.69, 9.17) is 32.7 Å². The van der Waals surface area contributed by atoms with Crippen LogP contribution >= 0.6 is 23.2 Å². The van der Waals surface area contributed by atoms with Gasteiger partial charge in [-0.25, -0.2) is 0 Å². The van der Waals surface area contributed by atoms with Crippen molar-refractivity contribution in [2.24, 2.45) is 0 Å². The van der Waals surface area contributed by atoms with Gasteiger partial charge in [0.25, 0.3) is 0 Å². The molecule has 86 valence electrons. The summed E-state index contributed by atoms with van der Waals surface area (Å²) in [6.07, 6.45) is 1.74. The highest BCUT2D eigenvalue weighted by molar-refractivity contribution is 6.40. The van der Waals surface area contributed by atoms with Crippen molar-refractivity contribution >= 4 is 23.2 Å². The van der Waals surface area contributed by atoms with Gasteiger partial charge in [-0.1, -0.05) is 29.3 Å². The van der Waals surface area contributed by atoms with Gasteiger partial charge in [0.1, 0.15) is 12.4 Å². The molecule has 0 aliphatic heterocycles. The molecule has 1 N–H and O–H groups in total. The summed E-state index contributed by atoms with van der Waals surface area (Å²) in [6.45, 7) is 3.73. The lowest BCUT2D eigenvalue weighted by molar-refractivity contribution is -0.114. The normalized spacial score (nSPS) is 31.1. The van der Waals surface area contributed by atoms with Gasteiger partial charge in [-0.05, 0) is 6.42 Å². The third kappa shape index (κ3) is 2.55. The fraction of sp³-hybridized carbons (Fsp3) is 0.600. The SMILES string of the molecule is C=CCC1(OCOC)CC(O)C(Cl)=C1Cl. The second kappa shape index (κ2) is 5.32. The number of aliphatic hydroxyl groups excluding tert-OH is 1. The first kappa shape index (κ1) is 13.0. The smallest absolute Gasteiger partial charge is 0.147 e. The monoisotopic (exact) mass is 252 g/mol. The van der Waals surface area contributed by atoms with Crippen molar-refractivity contribution in [2.75, 3.05) is 13.9 Å². The Labute approximate surface area is 99.3 Å². The molecule has 5 heteroatoms. The molecular weight excluding hydrogens is 239 g/mol. The second-order valence-electron chi connectivity index (χ2n) is 3.42. The van der Waals surface area contributed by atoms with E-state index in [0.29, 0.717) is 17.9 Å². The summed E-state index contributed by atoms with van der Waals surface area (Å²) in [5.41, 5.74) is -0.782. The van der Waals surface area contributed by atoms with Crippen molar-refractivity contribution in [3.8, 4) is 0 Å². The van der Waals surface area contributed by atoms with E-state index < -0.39 is 11.7 Å². The van der Waals surface area contributed by atoms with Gasteiger partial charge < -0.3 is 14.6 Å². The molecule has 0 aromatic rings. The Hall–Kier alpha value is -0.0600. The number of hydrogen-bond acceptors (Lipinski definition) is 3. The van der Waals surface area contributed by atoms with Crippen molar-refractivity contribution < 1.29 is 14.6 Å². The minimum absolute atomic E-state index is 0.0982. The molecule has 2 unspecified atom stereocenters. The van der Waals surface area contributed by atoms with Gasteiger partial charge in [-0.2, -0.15) is 0 Å². The highest BCUT2D eigenvalue weighted by Gasteiger charge is 2.44. The van der Waals surface area contributed by atoms with Crippen LogP contribution in [0.4, 0.5) is 0 Å². The van der Waals surface area contributed by atoms with Crippen LogP contribution in [0, 0.1) is 0 Å². The molecule has 2 atom stereocenters. The zero-order chi connectivity index (χ0) is 11.5. The standard InChI is InChI=1S/C10H14Cl2O3/c1-3-4-10(15-6-14-2)5-7(13)8(11)9(10)12/h3,7,13H,1,4-6H2,2H3. The van der Waals surface area contributed by atoms with Gasteiger partial charge in [0.2, 0.25) is 0 Å². The molecule has 0 aromatic carbocycles. The Morgan fingerprint density at radius 2 is 2.33 bits per heavy atom. The number of hydrogen-bond donors (Lipinski definition) is 1. The van der Waals surface area contributed by atoms with Gasteiger partial charge in [0.05, 0.1) is 16.2 Å². The van der Waals surface area contributed by atoms with Crippen molar-refractivity contribution in [1.29, 1.82) is 0 Å². The minimum atomic E-state index is -0.782. The van der Waals surface area contributed by atoms with Gasteiger partial charge in [0.15, 0.2) is 0 Å². The second-order valence-corrected chi connectivity index (χ2v) is 4.20. The first-order valence-electron chi connectivity index (χ1n) is 4.55. The molecular formula is C10H14Cl2O3. The summed E-state index contributed by atoms with van der Waals surface area (Å²) in [4.78, 5) is 0. The molecule has 0 fully saturated rings. The first-order valence-corrected chi connectivity index (χ1v) is 5.30. The van der Waals surface area contributed by atoms with Crippen LogP contribution in [0.3, 0.4) is 0 Å². The number of ether oxygens (including phenoxy) is 2. The highest BCUT2D eigenvalue weighted by atomic mass is 35.5. The molecule has 1 rings (SSSR count). The van der Waals surface area contributed by atoms with Gasteiger partial charge in [0, 0.05) is 13.5 Å². The average Bonchev–Trinajstić information content (AvgIpc) is 2.42. The van der Waals surface area contributed by atoms with Crippen LogP contribution in [0.15, 0.2) is 22.7 Å². The lowest BCUT2D eigenvalue weighted by Crippen LogP contribution is -2.32. The molecule has 0 amide bonds. The Balaban J connectivity index is 2.88. The topological polar surface area (TPSA) is 38.7 Å². The summed E-state index contributed by atoms with van der Waals surface area (Å²) in [5.74, 6) is 0. The lowest BCUT2D eigenvalue weighted by atomic mass is 9.98. The van der Waals surface area contributed by atoms with Crippen LogP contribution in [0.2, 0.25) is 0 Å². The van der Waals surface area contributed by atoms with Crippen LogP contribution in [0.1, 0.15) is 12.8 Å². The largest absolute Gasteiger partial charge is 0.387 e. The predicted molar refractivity (Wildman–Crippen MR) is 59.9 cm³/mol. The molecule has 0 spiro atoms. The van der Waals surface area contributed by atoms with E-state index in [-0.39, 0.29) is 11.8 Å². The maximum Gasteiger partial charge on any atom is 0.147 e. The summed E-state index contributed by atoms with van der Waals surface area (Å²) in [7, 11) is 1.52. The minimum Gasteiger partial charge on any atom is -0.387 e. The molecule has 1 aliphatic carbocycles. The van der Waals surface area contributed by atoms with Crippen molar-refractivity contribution in [3.63, 3.8) is 0 Å². The van der Waals surface area contributed by atoms with E-state index in [1.165, 1.54) is 7.11 Å². The third-order valence-corrected chi connectivity index (χ3v) is 3.44. The van der Waals surface area contributed by atoms with Crippen LogP contribution in [-0.4, -0.2) is 30.7 Å². The molecule has 1 aliphatic rings. The third-order valence-electron chi connectivity index (χ3n) is 2.35.